The van der Waals surface area contributed by atoms with Gasteiger partial charge in [-0.2, -0.15) is 0 Å². The highest BCUT2D eigenvalue weighted by molar-refractivity contribution is 5.82. The lowest BCUT2D eigenvalue weighted by Crippen LogP contribution is -2.50. The Hall–Kier alpha value is -0.610. The van der Waals surface area contributed by atoms with Crippen molar-refractivity contribution in [2.24, 2.45) is 5.92 Å². The van der Waals surface area contributed by atoms with Crippen molar-refractivity contribution in [3.63, 3.8) is 0 Å². The Labute approximate surface area is 98.0 Å². The summed E-state index contributed by atoms with van der Waals surface area (Å²) in [5.41, 5.74) is 0. The van der Waals surface area contributed by atoms with Crippen LogP contribution in [-0.4, -0.2) is 48.7 Å². The second-order valence-electron chi connectivity index (χ2n) is 4.55. The maximum atomic E-state index is 12.0. The van der Waals surface area contributed by atoms with E-state index >= 15 is 0 Å². The molecule has 0 aromatic rings. The van der Waals surface area contributed by atoms with Crippen LogP contribution in [0.5, 0.6) is 0 Å². The van der Waals surface area contributed by atoms with Gasteiger partial charge in [0.25, 0.3) is 0 Å². The number of rotatable bonds is 6. The molecule has 0 aliphatic carbocycles. The molecule has 2 unspecified atom stereocenters. The lowest BCUT2D eigenvalue weighted by atomic mass is 9.99. The monoisotopic (exact) mass is 228 g/mol. The Morgan fingerprint density at radius 3 is 2.94 bits per heavy atom. The van der Waals surface area contributed by atoms with Gasteiger partial charge < -0.3 is 15.3 Å². The zero-order chi connectivity index (χ0) is 12.0. The van der Waals surface area contributed by atoms with Gasteiger partial charge in [0, 0.05) is 19.7 Å². The predicted octanol–water partition coefficient (Wildman–Crippen LogP) is 0.605. The summed E-state index contributed by atoms with van der Waals surface area (Å²) in [7, 11) is 1.84. The second kappa shape index (κ2) is 6.86. The number of carbonyl (C=O) groups excluding carboxylic acids is 1. The topological polar surface area (TPSA) is 52.6 Å². The highest BCUT2D eigenvalue weighted by Crippen LogP contribution is 2.16. The number of hydrogen-bond acceptors (Lipinski definition) is 3. The van der Waals surface area contributed by atoms with Crippen molar-refractivity contribution < 1.29 is 9.90 Å². The molecule has 4 heteroatoms. The van der Waals surface area contributed by atoms with Gasteiger partial charge in [-0.3, -0.25) is 4.79 Å². The number of aliphatic hydroxyl groups excluding tert-OH is 1. The zero-order valence-corrected chi connectivity index (χ0v) is 10.4. The zero-order valence-electron chi connectivity index (χ0n) is 10.4. The van der Waals surface area contributed by atoms with Gasteiger partial charge in [-0.05, 0) is 32.2 Å². The molecule has 1 heterocycles. The first-order chi connectivity index (χ1) is 7.72. The number of aliphatic hydroxyl groups is 1. The smallest absolute Gasteiger partial charge is 0.239 e. The first-order valence-electron chi connectivity index (χ1n) is 6.29. The van der Waals surface area contributed by atoms with Gasteiger partial charge in [0.05, 0.1) is 6.04 Å². The van der Waals surface area contributed by atoms with Crippen LogP contribution in [0.2, 0.25) is 0 Å². The first-order valence-corrected chi connectivity index (χ1v) is 6.29. The standard InChI is InChI=1S/C12H24N2O2/c1-3-10(6-8-15)9-14-7-4-5-11(13-2)12(14)16/h10-11,13,15H,3-9H2,1-2H3. The molecule has 4 nitrogen and oxygen atoms in total. The Bertz CT molecular complexity index is 221. The molecule has 0 saturated carbocycles. The van der Waals surface area contributed by atoms with Crippen LogP contribution in [0.3, 0.4) is 0 Å². The minimum Gasteiger partial charge on any atom is -0.396 e. The number of carbonyl (C=O) groups is 1. The quantitative estimate of drug-likeness (QED) is 0.700. The van der Waals surface area contributed by atoms with Gasteiger partial charge in [-0.25, -0.2) is 0 Å². The fourth-order valence-electron chi connectivity index (χ4n) is 2.31. The molecule has 2 N–H and O–H groups in total. The summed E-state index contributed by atoms with van der Waals surface area (Å²) in [6.07, 6.45) is 3.84. The summed E-state index contributed by atoms with van der Waals surface area (Å²) < 4.78 is 0. The first kappa shape index (κ1) is 13.5. The number of likely N-dealkylation sites (N-methyl/N-ethyl adjacent to an activating group) is 1. The SMILES string of the molecule is CCC(CCO)CN1CCCC(NC)C1=O. The molecule has 2 atom stereocenters. The van der Waals surface area contributed by atoms with Gasteiger partial charge in [0.15, 0.2) is 0 Å². The van der Waals surface area contributed by atoms with Crippen LogP contribution < -0.4 is 5.32 Å². The maximum Gasteiger partial charge on any atom is 0.239 e. The van der Waals surface area contributed by atoms with Gasteiger partial charge in [0.2, 0.25) is 5.91 Å². The van der Waals surface area contributed by atoms with Crippen molar-refractivity contribution in [1.82, 2.24) is 10.2 Å². The largest absolute Gasteiger partial charge is 0.396 e. The van der Waals surface area contributed by atoms with E-state index in [4.69, 9.17) is 5.11 Å². The highest BCUT2D eigenvalue weighted by atomic mass is 16.3. The molecule has 1 aliphatic rings. The molecule has 1 amide bonds. The van der Waals surface area contributed by atoms with Crippen LogP contribution >= 0.6 is 0 Å². The Morgan fingerprint density at radius 2 is 2.38 bits per heavy atom. The Morgan fingerprint density at radius 1 is 1.62 bits per heavy atom. The minimum atomic E-state index is 0.000354. The van der Waals surface area contributed by atoms with Crippen molar-refractivity contribution in [2.45, 2.75) is 38.6 Å². The summed E-state index contributed by atoms with van der Waals surface area (Å²) in [4.78, 5) is 14.0. The lowest BCUT2D eigenvalue weighted by Gasteiger charge is -2.34. The van der Waals surface area contributed by atoms with E-state index in [1.54, 1.807) is 0 Å². The molecule has 0 bridgehead atoms. The van der Waals surface area contributed by atoms with E-state index in [0.29, 0.717) is 5.92 Å². The van der Waals surface area contributed by atoms with E-state index in [1.165, 1.54) is 0 Å². The third-order valence-electron chi connectivity index (χ3n) is 3.47. The number of piperidine rings is 1. The van der Waals surface area contributed by atoms with Crippen molar-refractivity contribution in [3.05, 3.63) is 0 Å². The minimum absolute atomic E-state index is 0.000354. The van der Waals surface area contributed by atoms with Crippen molar-refractivity contribution in [3.8, 4) is 0 Å². The van der Waals surface area contributed by atoms with Crippen LogP contribution in [0.25, 0.3) is 0 Å². The summed E-state index contributed by atoms with van der Waals surface area (Å²) in [6.45, 7) is 4.01. The molecule has 1 fully saturated rings. The van der Waals surface area contributed by atoms with E-state index in [0.717, 1.165) is 38.8 Å². The average molecular weight is 228 g/mol. The number of likely N-dealkylation sites (tertiary alicyclic amines) is 1. The molecular weight excluding hydrogens is 204 g/mol. The second-order valence-corrected chi connectivity index (χ2v) is 4.55. The van der Waals surface area contributed by atoms with Crippen molar-refractivity contribution in [1.29, 1.82) is 0 Å². The van der Waals surface area contributed by atoms with E-state index in [2.05, 4.69) is 12.2 Å². The fraction of sp³-hybridized carbons (Fsp3) is 0.917. The molecule has 0 radical (unpaired) electrons. The number of nitrogens with zero attached hydrogens (tertiary/aromatic N) is 1. The van der Waals surface area contributed by atoms with E-state index < -0.39 is 0 Å². The lowest BCUT2D eigenvalue weighted by molar-refractivity contribution is -0.136. The number of nitrogens with one attached hydrogen (secondary N) is 1. The summed E-state index contributed by atoms with van der Waals surface area (Å²) in [6, 6.07) is 0.000354. The molecule has 1 rings (SSSR count). The van der Waals surface area contributed by atoms with Crippen LogP contribution in [0, 0.1) is 5.92 Å². The molecule has 0 aromatic heterocycles. The van der Waals surface area contributed by atoms with Gasteiger partial charge >= 0.3 is 0 Å². The van der Waals surface area contributed by atoms with Crippen molar-refractivity contribution >= 4 is 5.91 Å². The van der Waals surface area contributed by atoms with E-state index in [-0.39, 0.29) is 18.6 Å². The summed E-state index contributed by atoms with van der Waals surface area (Å²) in [5, 5.41) is 12.0. The summed E-state index contributed by atoms with van der Waals surface area (Å²) >= 11 is 0. The fourth-order valence-corrected chi connectivity index (χ4v) is 2.31. The molecule has 1 saturated heterocycles. The molecular formula is C12H24N2O2. The Balaban J connectivity index is 2.48. The molecule has 0 spiro atoms. The van der Waals surface area contributed by atoms with Gasteiger partial charge in [0.1, 0.15) is 0 Å². The number of amides is 1. The van der Waals surface area contributed by atoms with Crippen LogP contribution in [0.1, 0.15) is 32.6 Å². The van der Waals surface area contributed by atoms with E-state index in [9.17, 15) is 4.79 Å². The molecule has 94 valence electrons. The van der Waals surface area contributed by atoms with E-state index in [1.807, 2.05) is 11.9 Å². The molecule has 0 aromatic carbocycles. The van der Waals surface area contributed by atoms with Crippen LogP contribution in [0.4, 0.5) is 0 Å². The Kier molecular flexibility index (Phi) is 5.77. The molecule has 16 heavy (non-hydrogen) atoms. The summed E-state index contributed by atoms with van der Waals surface area (Å²) in [5.74, 6) is 0.662. The van der Waals surface area contributed by atoms with Crippen molar-refractivity contribution in [2.75, 3.05) is 26.7 Å². The third kappa shape index (κ3) is 3.46. The predicted molar refractivity (Wildman–Crippen MR) is 64.1 cm³/mol. The number of hydrogen-bond donors (Lipinski definition) is 2. The average Bonchev–Trinajstić information content (AvgIpc) is 2.31. The van der Waals surface area contributed by atoms with Gasteiger partial charge in [-0.15, -0.1) is 0 Å². The van der Waals surface area contributed by atoms with Crippen LogP contribution in [-0.2, 0) is 4.79 Å². The third-order valence-corrected chi connectivity index (χ3v) is 3.47. The van der Waals surface area contributed by atoms with Crippen LogP contribution in [0.15, 0.2) is 0 Å². The van der Waals surface area contributed by atoms with Gasteiger partial charge in [-0.1, -0.05) is 13.3 Å². The molecule has 1 aliphatic heterocycles. The normalized spacial score (nSPS) is 23.6. The highest BCUT2D eigenvalue weighted by Gasteiger charge is 2.28. The maximum absolute atomic E-state index is 12.0.